The van der Waals surface area contributed by atoms with Crippen molar-refractivity contribution in [3.05, 3.63) is 35.9 Å². The van der Waals surface area contributed by atoms with E-state index < -0.39 is 0 Å². The predicted molar refractivity (Wildman–Crippen MR) is 88.7 cm³/mol. The van der Waals surface area contributed by atoms with Crippen molar-refractivity contribution in [2.45, 2.75) is 45.2 Å². The van der Waals surface area contributed by atoms with E-state index >= 15 is 0 Å². The zero-order chi connectivity index (χ0) is 14.9. The summed E-state index contributed by atoms with van der Waals surface area (Å²) in [5, 5.41) is 3.70. The minimum atomic E-state index is 0.464. The molecular formula is C18H30N2O. The lowest BCUT2D eigenvalue weighted by molar-refractivity contribution is 0.115. The predicted octanol–water partition coefficient (Wildman–Crippen LogP) is 2.71. The van der Waals surface area contributed by atoms with Crippen molar-refractivity contribution in [2.24, 2.45) is 0 Å². The maximum Gasteiger partial charge on any atom is 0.0616 e. The van der Waals surface area contributed by atoms with Gasteiger partial charge < -0.3 is 15.0 Å². The van der Waals surface area contributed by atoms with Crippen LogP contribution >= 0.6 is 0 Å². The fraction of sp³-hybridized carbons (Fsp3) is 0.667. The van der Waals surface area contributed by atoms with Crippen molar-refractivity contribution < 1.29 is 4.74 Å². The fourth-order valence-corrected chi connectivity index (χ4v) is 3.00. The van der Waals surface area contributed by atoms with Crippen molar-refractivity contribution in [1.82, 2.24) is 10.2 Å². The fourth-order valence-electron chi connectivity index (χ4n) is 3.00. The molecule has 21 heavy (non-hydrogen) atoms. The number of rotatable bonds is 8. The molecule has 1 aliphatic rings. The molecule has 1 atom stereocenters. The van der Waals surface area contributed by atoms with Crippen LogP contribution in [0.2, 0.25) is 0 Å². The number of ether oxygens (including phenoxy) is 1. The summed E-state index contributed by atoms with van der Waals surface area (Å²) in [5.74, 6) is 0. The van der Waals surface area contributed by atoms with Crippen LogP contribution in [0.5, 0.6) is 0 Å². The van der Waals surface area contributed by atoms with Gasteiger partial charge in [-0.3, -0.25) is 0 Å². The summed E-state index contributed by atoms with van der Waals surface area (Å²) in [5.41, 5.74) is 1.45. The molecule has 118 valence electrons. The Hall–Kier alpha value is -0.900. The molecule has 0 saturated carbocycles. The first-order valence-electron chi connectivity index (χ1n) is 8.38. The third kappa shape index (κ3) is 6.16. The van der Waals surface area contributed by atoms with Crippen LogP contribution in [0.3, 0.4) is 0 Å². The van der Waals surface area contributed by atoms with E-state index in [9.17, 15) is 0 Å². The third-order valence-corrected chi connectivity index (χ3v) is 4.24. The SMILES string of the molecule is CCOCC(C)NC1CCN(CCc2ccccc2)CC1. The highest BCUT2D eigenvalue weighted by Crippen LogP contribution is 2.12. The summed E-state index contributed by atoms with van der Waals surface area (Å²) in [6, 6.07) is 11.9. The Labute approximate surface area is 129 Å². The van der Waals surface area contributed by atoms with Crippen LogP contribution in [0.4, 0.5) is 0 Å². The summed E-state index contributed by atoms with van der Waals surface area (Å²) in [7, 11) is 0. The molecule has 0 bridgehead atoms. The van der Waals surface area contributed by atoms with Crippen LogP contribution in [-0.4, -0.2) is 49.8 Å². The number of benzene rings is 1. The summed E-state index contributed by atoms with van der Waals surface area (Å²) >= 11 is 0. The Balaban J connectivity index is 1.62. The Morgan fingerprint density at radius 3 is 2.62 bits per heavy atom. The Kier molecular flexibility index (Phi) is 7.20. The summed E-state index contributed by atoms with van der Waals surface area (Å²) in [6.07, 6.45) is 3.68. The van der Waals surface area contributed by atoms with Crippen LogP contribution in [-0.2, 0) is 11.2 Å². The highest BCUT2D eigenvalue weighted by atomic mass is 16.5. The van der Waals surface area contributed by atoms with Crippen LogP contribution in [0.25, 0.3) is 0 Å². The molecule has 1 fully saturated rings. The van der Waals surface area contributed by atoms with E-state index in [2.05, 4.69) is 54.4 Å². The summed E-state index contributed by atoms with van der Waals surface area (Å²) < 4.78 is 5.47. The Morgan fingerprint density at radius 2 is 1.95 bits per heavy atom. The van der Waals surface area contributed by atoms with Crippen LogP contribution < -0.4 is 5.32 Å². The highest BCUT2D eigenvalue weighted by Gasteiger charge is 2.20. The average molecular weight is 290 g/mol. The molecule has 3 nitrogen and oxygen atoms in total. The van der Waals surface area contributed by atoms with Gasteiger partial charge in [-0.2, -0.15) is 0 Å². The number of piperidine rings is 1. The van der Waals surface area contributed by atoms with Gasteiger partial charge in [-0.15, -0.1) is 0 Å². The van der Waals surface area contributed by atoms with E-state index in [-0.39, 0.29) is 0 Å². The van der Waals surface area contributed by atoms with Gasteiger partial charge in [0.25, 0.3) is 0 Å². The lowest BCUT2D eigenvalue weighted by Crippen LogP contribution is -2.47. The zero-order valence-electron chi connectivity index (χ0n) is 13.6. The second-order valence-electron chi connectivity index (χ2n) is 6.08. The quantitative estimate of drug-likeness (QED) is 0.797. The number of nitrogens with one attached hydrogen (secondary N) is 1. The molecule has 2 rings (SSSR count). The Morgan fingerprint density at radius 1 is 1.24 bits per heavy atom. The first-order chi connectivity index (χ1) is 10.3. The number of hydrogen-bond acceptors (Lipinski definition) is 3. The van der Waals surface area contributed by atoms with Gasteiger partial charge in [0, 0.05) is 25.2 Å². The molecule has 1 N–H and O–H groups in total. The van der Waals surface area contributed by atoms with Crippen LogP contribution in [0.15, 0.2) is 30.3 Å². The minimum Gasteiger partial charge on any atom is -0.380 e. The first-order valence-corrected chi connectivity index (χ1v) is 8.38. The average Bonchev–Trinajstić information content (AvgIpc) is 2.53. The van der Waals surface area contributed by atoms with E-state index in [0.29, 0.717) is 12.1 Å². The van der Waals surface area contributed by atoms with Crippen molar-refractivity contribution in [1.29, 1.82) is 0 Å². The van der Waals surface area contributed by atoms with E-state index in [1.54, 1.807) is 0 Å². The third-order valence-electron chi connectivity index (χ3n) is 4.24. The van der Waals surface area contributed by atoms with Gasteiger partial charge in [0.2, 0.25) is 0 Å². The summed E-state index contributed by atoms with van der Waals surface area (Å²) in [4.78, 5) is 2.60. The number of likely N-dealkylation sites (tertiary alicyclic amines) is 1. The Bertz CT molecular complexity index is 374. The van der Waals surface area contributed by atoms with E-state index in [1.165, 1.54) is 44.5 Å². The molecule has 1 heterocycles. The van der Waals surface area contributed by atoms with Gasteiger partial charge >= 0.3 is 0 Å². The summed E-state index contributed by atoms with van der Waals surface area (Å²) in [6.45, 7) is 9.52. The normalized spacial score (nSPS) is 18.8. The van der Waals surface area contributed by atoms with Crippen molar-refractivity contribution in [3.8, 4) is 0 Å². The second-order valence-corrected chi connectivity index (χ2v) is 6.08. The molecule has 0 amide bonds. The highest BCUT2D eigenvalue weighted by molar-refractivity contribution is 5.14. The first kappa shape index (κ1) is 16.5. The minimum absolute atomic E-state index is 0.464. The van der Waals surface area contributed by atoms with Crippen molar-refractivity contribution in [3.63, 3.8) is 0 Å². The topological polar surface area (TPSA) is 24.5 Å². The van der Waals surface area contributed by atoms with Crippen molar-refractivity contribution in [2.75, 3.05) is 32.8 Å². The van der Waals surface area contributed by atoms with Gasteiger partial charge in [0.1, 0.15) is 0 Å². The van der Waals surface area contributed by atoms with Crippen LogP contribution in [0.1, 0.15) is 32.3 Å². The van der Waals surface area contributed by atoms with E-state index in [4.69, 9.17) is 4.74 Å². The zero-order valence-corrected chi connectivity index (χ0v) is 13.6. The molecule has 1 aromatic rings. The molecule has 0 spiro atoms. The lowest BCUT2D eigenvalue weighted by Gasteiger charge is -2.34. The van der Waals surface area contributed by atoms with Gasteiger partial charge in [-0.25, -0.2) is 0 Å². The molecule has 1 unspecified atom stereocenters. The van der Waals surface area contributed by atoms with Gasteiger partial charge in [0.15, 0.2) is 0 Å². The van der Waals surface area contributed by atoms with Gasteiger partial charge in [-0.1, -0.05) is 30.3 Å². The standard InChI is InChI=1S/C18H30N2O/c1-3-21-15-16(2)19-18-10-13-20(14-11-18)12-9-17-7-5-4-6-8-17/h4-8,16,18-19H,3,9-15H2,1-2H3. The molecule has 0 radical (unpaired) electrons. The largest absolute Gasteiger partial charge is 0.380 e. The second kappa shape index (κ2) is 9.19. The lowest BCUT2D eigenvalue weighted by atomic mass is 10.0. The van der Waals surface area contributed by atoms with Crippen LogP contribution in [0, 0.1) is 0 Å². The maximum absolute atomic E-state index is 5.47. The molecular weight excluding hydrogens is 260 g/mol. The van der Waals surface area contributed by atoms with E-state index in [0.717, 1.165) is 13.2 Å². The van der Waals surface area contributed by atoms with Gasteiger partial charge in [0.05, 0.1) is 6.61 Å². The molecule has 0 aromatic heterocycles. The molecule has 1 aromatic carbocycles. The molecule has 1 aliphatic heterocycles. The van der Waals surface area contributed by atoms with E-state index in [1.807, 2.05) is 0 Å². The molecule has 3 heteroatoms. The smallest absolute Gasteiger partial charge is 0.0616 e. The monoisotopic (exact) mass is 290 g/mol. The van der Waals surface area contributed by atoms with Crippen molar-refractivity contribution >= 4 is 0 Å². The number of nitrogens with zero attached hydrogens (tertiary/aromatic N) is 1. The maximum atomic E-state index is 5.47. The number of hydrogen-bond donors (Lipinski definition) is 1. The molecule has 0 aliphatic carbocycles. The molecule has 1 saturated heterocycles. The van der Waals surface area contributed by atoms with Gasteiger partial charge in [-0.05, 0) is 51.8 Å².